The molecule has 0 bridgehead atoms. The van der Waals surface area contributed by atoms with Gasteiger partial charge in [0.05, 0.1) is 11.6 Å². The van der Waals surface area contributed by atoms with Crippen molar-refractivity contribution in [2.75, 3.05) is 6.54 Å². The normalized spacial score (nSPS) is 15.7. The molecular formula is C13H16N2. The van der Waals surface area contributed by atoms with Crippen LogP contribution in [0, 0.1) is 17.2 Å². The highest BCUT2D eigenvalue weighted by Gasteiger charge is 2.16. The minimum Gasteiger partial charge on any atom is -0.312 e. The second kappa shape index (κ2) is 4.95. The maximum absolute atomic E-state index is 8.75. The molecule has 1 N–H and O–H groups in total. The van der Waals surface area contributed by atoms with E-state index in [1.807, 2.05) is 18.2 Å². The van der Waals surface area contributed by atoms with Crippen LogP contribution in [0.2, 0.25) is 0 Å². The fourth-order valence-electron chi connectivity index (χ4n) is 1.87. The maximum Gasteiger partial charge on any atom is 0.0991 e. The van der Waals surface area contributed by atoms with Gasteiger partial charge >= 0.3 is 0 Å². The lowest BCUT2D eigenvalue weighted by atomic mass is 9.85. The van der Waals surface area contributed by atoms with Crippen molar-refractivity contribution < 1.29 is 0 Å². The Morgan fingerprint density at radius 2 is 2.27 bits per heavy atom. The molecule has 78 valence electrons. The fourth-order valence-corrected chi connectivity index (χ4v) is 1.87. The highest BCUT2D eigenvalue weighted by atomic mass is 14.9. The third kappa shape index (κ3) is 2.81. The lowest BCUT2D eigenvalue weighted by Crippen LogP contribution is -2.26. The number of hydrogen-bond donors (Lipinski definition) is 1. The zero-order valence-electron chi connectivity index (χ0n) is 8.87. The minimum atomic E-state index is 0.748. The van der Waals surface area contributed by atoms with Crippen molar-refractivity contribution in [2.24, 2.45) is 5.92 Å². The summed E-state index contributed by atoms with van der Waals surface area (Å²) in [6.45, 7) is 2.00. The van der Waals surface area contributed by atoms with Gasteiger partial charge in [-0.3, -0.25) is 0 Å². The molecule has 1 aliphatic carbocycles. The van der Waals surface area contributed by atoms with Gasteiger partial charge in [-0.2, -0.15) is 5.26 Å². The summed E-state index contributed by atoms with van der Waals surface area (Å²) in [5.74, 6) is 0.893. The van der Waals surface area contributed by atoms with Crippen LogP contribution in [0.1, 0.15) is 30.4 Å². The van der Waals surface area contributed by atoms with Gasteiger partial charge in [0, 0.05) is 6.54 Å². The van der Waals surface area contributed by atoms with Gasteiger partial charge in [-0.15, -0.1) is 0 Å². The summed E-state index contributed by atoms with van der Waals surface area (Å²) < 4.78 is 0. The van der Waals surface area contributed by atoms with E-state index in [1.54, 1.807) is 0 Å². The highest BCUT2D eigenvalue weighted by Crippen LogP contribution is 2.25. The lowest BCUT2D eigenvalue weighted by Gasteiger charge is -2.25. The van der Waals surface area contributed by atoms with Gasteiger partial charge in [0.25, 0.3) is 0 Å². The van der Waals surface area contributed by atoms with Crippen LogP contribution < -0.4 is 5.32 Å². The van der Waals surface area contributed by atoms with Crippen LogP contribution in [-0.2, 0) is 6.54 Å². The Kier molecular flexibility index (Phi) is 3.37. The zero-order valence-corrected chi connectivity index (χ0v) is 8.87. The summed E-state index contributed by atoms with van der Waals surface area (Å²) in [5.41, 5.74) is 1.95. The molecule has 1 fully saturated rings. The Labute approximate surface area is 90.9 Å². The topological polar surface area (TPSA) is 35.8 Å². The van der Waals surface area contributed by atoms with Gasteiger partial charge in [-0.25, -0.2) is 0 Å². The molecule has 0 heterocycles. The van der Waals surface area contributed by atoms with Gasteiger partial charge in [-0.1, -0.05) is 18.6 Å². The van der Waals surface area contributed by atoms with E-state index in [1.165, 1.54) is 24.8 Å². The van der Waals surface area contributed by atoms with Crippen molar-refractivity contribution in [3.05, 3.63) is 35.4 Å². The van der Waals surface area contributed by atoms with Crippen molar-refractivity contribution >= 4 is 0 Å². The van der Waals surface area contributed by atoms with Crippen LogP contribution >= 0.6 is 0 Å². The molecule has 0 amide bonds. The van der Waals surface area contributed by atoms with Crippen molar-refractivity contribution in [2.45, 2.75) is 25.8 Å². The first-order valence-corrected chi connectivity index (χ1v) is 5.58. The van der Waals surface area contributed by atoms with E-state index in [9.17, 15) is 0 Å². The minimum absolute atomic E-state index is 0.748. The van der Waals surface area contributed by atoms with Crippen LogP contribution in [0.5, 0.6) is 0 Å². The van der Waals surface area contributed by atoms with Crippen LogP contribution in [0.15, 0.2) is 24.3 Å². The van der Waals surface area contributed by atoms with E-state index in [0.29, 0.717) is 0 Å². The Morgan fingerprint density at radius 1 is 1.40 bits per heavy atom. The molecule has 2 rings (SSSR count). The van der Waals surface area contributed by atoms with Gasteiger partial charge in [-0.05, 0) is 43.0 Å². The first kappa shape index (κ1) is 10.2. The molecule has 0 aromatic heterocycles. The molecular weight excluding hydrogens is 184 g/mol. The standard InChI is InChI=1S/C13H16N2/c14-8-12-5-2-6-13(7-12)10-15-9-11-3-1-4-11/h2,5-7,11,15H,1,3-4,9-10H2. The van der Waals surface area contributed by atoms with Gasteiger partial charge in [0.15, 0.2) is 0 Å². The largest absolute Gasteiger partial charge is 0.312 e. The highest BCUT2D eigenvalue weighted by molar-refractivity contribution is 5.32. The summed E-state index contributed by atoms with van der Waals surface area (Å²) in [7, 11) is 0. The molecule has 0 spiro atoms. The van der Waals surface area contributed by atoms with E-state index < -0.39 is 0 Å². The maximum atomic E-state index is 8.75. The van der Waals surface area contributed by atoms with E-state index >= 15 is 0 Å². The number of nitriles is 1. The van der Waals surface area contributed by atoms with Gasteiger partial charge in [0.1, 0.15) is 0 Å². The van der Waals surface area contributed by atoms with Crippen molar-refractivity contribution in [1.29, 1.82) is 5.26 Å². The molecule has 15 heavy (non-hydrogen) atoms. The summed E-state index contributed by atoms with van der Waals surface area (Å²) in [4.78, 5) is 0. The molecule has 1 aromatic carbocycles. The lowest BCUT2D eigenvalue weighted by molar-refractivity contribution is 0.301. The molecule has 0 atom stereocenters. The average molecular weight is 200 g/mol. The predicted molar refractivity (Wildman–Crippen MR) is 60.2 cm³/mol. The van der Waals surface area contributed by atoms with E-state index in [-0.39, 0.29) is 0 Å². The van der Waals surface area contributed by atoms with E-state index in [0.717, 1.165) is 24.6 Å². The zero-order chi connectivity index (χ0) is 10.5. The number of rotatable bonds is 4. The second-order valence-corrected chi connectivity index (χ2v) is 4.24. The number of nitrogens with one attached hydrogen (secondary N) is 1. The molecule has 1 saturated carbocycles. The van der Waals surface area contributed by atoms with Gasteiger partial charge < -0.3 is 5.32 Å². The summed E-state index contributed by atoms with van der Waals surface area (Å²) in [5, 5.41) is 12.2. The molecule has 0 saturated heterocycles. The molecule has 1 aliphatic rings. The summed E-state index contributed by atoms with van der Waals surface area (Å²) in [6.07, 6.45) is 4.16. The Balaban J connectivity index is 1.79. The summed E-state index contributed by atoms with van der Waals surface area (Å²) >= 11 is 0. The number of benzene rings is 1. The van der Waals surface area contributed by atoms with Crippen molar-refractivity contribution in [3.8, 4) is 6.07 Å². The predicted octanol–water partition coefficient (Wildman–Crippen LogP) is 2.45. The Morgan fingerprint density at radius 3 is 2.93 bits per heavy atom. The van der Waals surface area contributed by atoms with E-state index in [2.05, 4.69) is 17.5 Å². The first-order valence-electron chi connectivity index (χ1n) is 5.58. The third-order valence-corrected chi connectivity index (χ3v) is 3.04. The van der Waals surface area contributed by atoms with Crippen LogP contribution in [0.4, 0.5) is 0 Å². The summed E-state index contributed by atoms with van der Waals surface area (Å²) in [6, 6.07) is 9.96. The Hall–Kier alpha value is -1.33. The molecule has 2 nitrogen and oxygen atoms in total. The third-order valence-electron chi connectivity index (χ3n) is 3.04. The smallest absolute Gasteiger partial charge is 0.0991 e. The Bertz CT molecular complexity index is 361. The first-order chi connectivity index (χ1) is 7.38. The van der Waals surface area contributed by atoms with Crippen LogP contribution in [0.25, 0.3) is 0 Å². The molecule has 0 unspecified atom stereocenters. The molecule has 0 radical (unpaired) electrons. The number of nitrogens with zero attached hydrogens (tertiary/aromatic N) is 1. The fraction of sp³-hybridized carbons (Fsp3) is 0.462. The SMILES string of the molecule is N#Cc1cccc(CNCC2CCC2)c1. The monoisotopic (exact) mass is 200 g/mol. The number of hydrogen-bond acceptors (Lipinski definition) is 2. The van der Waals surface area contributed by atoms with E-state index in [4.69, 9.17) is 5.26 Å². The molecule has 2 heteroatoms. The van der Waals surface area contributed by atoms with Crippen LogP contribution in [-0.4, -0.2) is 6.54 Å². The van der Waals surface area contributed by atoms with Crippen LogP contribution in [0.3, 0.4) is 0 Å². The van der Waals surface area contributed by atoms with Crippen molar-refractivity contribution in [1.82, 2.24) is 5.32 Å². The quantitative estimate of drug-likeness (QED) is 0.810. The molecule has 1 aromatic rings. The second-order valence-electron chi connectivity index (χ2n) is 4.24. The average Bonchev–Trinajstić information content (AvgIpc) is 2.22. The van der Waals surface area contributed by atoms with Crippen molar-refractivity contribution in [3.63, 3.8) is 0 Å². The molecule has 0 aliphatic heterocycles. The van der Waals surface area contributed by atoms with Gasteiger partial charge in [0.2, 0.25) is 0 Å².